The largest absolute Gasteiger partial charge is 0.397 e. The molecule has 0 aromatic carbocycles. The van der Waals surface area contributed by atoms with Crippen LogP contribution in [0.4, 0.5) is 11.5 Å². The molecule has 1 aromatic rings. The summed E-state index contributed by atoms with van der Waals surface area (Å²) >= 11 is 0. The fourth-order valence-electron chi connectivity index (χ4n) is 2.05. The van der Waals surface area contributed by atoms with Crippen molar-refractivity contribution in [3.05, 3.63) is 18.3 Å². The highest BCUT2D eigenvalue weighted by atomic mass is 16.5. The minimum Gasteiger partial charge on any atom is -0.397 e. The van der Waals surface area contributed by atoms with Crippen molar-refractivity contribution in [1.82, 2.24) is 4.98 Å². The van der Waals surface area contributed by atoms with Crippen LogP contribution in [0.15, 0.2) is 18.3 Å². The number of nitrogens with one attached hydrogen (secondary N) is 1. The third kappa shape index (κ3) is 2.74. The zero-order valence-corrected chi connectivity index (χ0v) is 9.85. The summed E-state index contributed by atoms with van der Waals surface area (Å²) in [5.74, 6) is 0.442. The monoisotopic (exact) mass is 235 g/mol. The lowest BCUT2D eigenvalue weighted by Crippen LogP contribution is -2.29. The van der Waals surface area contributed by atoms with Gasteiger partial charge in [0.2, 0.25) is 5.91 Å². The van der Waals surface area contributed by atoms with E-state index in [1.54, 1.807) is 12.1 Å². The third-order valence-electron chi connectivity index (χ3n) is 2.99. The maximum Gasteiger partial charge on any atom is 0.231 e. The molecule has 5 heteroatoms. The highest BCUT2D eigenvalue weighted by molar-refractivity contribution is 5.92. The number of anilines is 2. The van der Waals surface area contributed by atoms with Gasteiger partial charge in [0.1, 0.15) is 5.82 Å². The highest BCUT2D eigenvalue weighted by Crippen LogP contribution is 2.24. The lowest BCUT2D eigenvalue weighted by atomic mass is 9.99. The van der Waals surface area contributed by atoms with E-state index in [0.717, 1.165) is 12.8 Å². The Morgan fingerprint density at radius 1 is 1.65 bits per heavy atom. The maximum absolute atomic E-state index is 12.0. The van der Waals surface area contributed by atoms with E-state index in [1.165, 1.54) is 6.20 Å². The SMILES string of the molecule is CCC1OCCC1C(=O)Nc1ccc(N)cn1. The van der Waals surface area contributed by atoms with Gasteiger partial charge in [0.25, 0.3) is 0 Å². The van der Waals surface area contributed by atoms with E-state index in [0.29, 0.717) is 18.1 Å². The predicted octanol–water partition coefficient (Wildman–Crippen LogP) is 1.42. The van der Waals surface area contributed by atoms with Gasteiger partial charge < -0.3 is 15.8 Å². The molecule has 1 amide bonds. The molecule has 0 saturated carbocycles. The summed E-state index contributed by atoms with van der Waals surface area (Å²) in [6.07, 6.45) is 3.19. The zero-order chi connectivity index (χ0) is 12.3. The molecule has 0 spiro atoms. The van der Waals surface area contributed by atoms with Gasteiger partial charge in [-0.3, -0.25) is 4.79 Å². The van der Waals surface area contributed by atoms with Crippen LogP contribution in [0, 0.1) is 5.92 Å². The van der Waals surface area contributed by atoms with Crippen molar-refractivity contribution < 1.29 is 9.53 Å². The number of nitrogen functional groups attached to an aromatic ring is 1. The number of nitrogens with two attached hydrogens (primary N) is 1. The summed E-state index contributed by atoms with van der Waals surface area (Å²) in [6, 6.07) is 3.41. The summed E-state index contributed by atoms with van der Waals surface area (Å²) in [7, 11) is 0. The average molecular weight is 235 g/mol. The second kappa shape index (κ2) is 5.14. The van der Waals surface area contributed by atoms with Crippen LogP contribution in [-0.4, -0.2) is 23.6 Å². The Bertz CT molecular complexity index is 391. The molecule has 5 nitrogen and oxygen atoms in total. The van der Waals surface area contributed by atoms with Crippen molar-refractivity contribution >= 4 is 17.4 Å². The van der Waals surface area contributed by atoms with Gasteiger partial charge in [0.15, 0.2) is 0 Å². The normalized spacial score (nSPS) is 23.6. The first kappa shape index (κ1) is 11.9. The summed E-state index contributed by atoms with van der Waals surface area (Å²) in [4.78, 5) is 16.0. The van der Waals surface area contributed by atoms with Crippen molar-refractivity contribution in [2.45, 2.75) is 25.9 Å². The van der Waals surface area contributed by atoms with Crippen molar-refractivity contribution in [2.75, 3.05) is 17.7 Å². The van der Waals surface area contributed by atoms with Crippen LogP contribution in [0.5, 0.6) is 0 Å². The zero-order valence-electron chi connectivity index (χ0n) is 9.85. The fourth-order valence-corrected chi connectivity index (χ4v) is 2.05. The molecule has 17 heavy (non-hydrogen) atoms. The van der Waals surface area contributed by atoms with Gasteiger partial charge in [-0.1, -0.05) is 6.92 Å². The fraction of sp³-hybridized carbons (Fsp3) is 0.500. The molecule has 0 aliphatic carbocycles. The molecule has 1 fully saturated rings. The van der Waals surface area contributed by atoms with E-state index in [1.807, 2.05) is 6.92 Å². The van der Waals surface area contributed by atoms with E-state index >= 15 is 0 Å². The standard InChI is InChI=1S/C12H17N3O2/c1-2-10-9(5-6-17-10)12(16)15-11-4-3-8(13)7-14-11/h3-4,7,9-10H,2,5-6,13H2,1H3,(H,14,15,16). The van der Waals surface area contributed by atoms with E-state index < -0.39 is 0 Å². The molecule has 2 rings (SSSR count). The Kier molecular flexibility index (Phi) is 3.58. The van der Waals surface area contributed by atoms with Gasteiger partial charge in [0, 0.05) is 6.61 Å². The number of nitrogens with zero attached hydrogens (tertiary/aromatic N) is 1. The lowest BCUT2D eigenvalue weighted by Gasteiger charge is -2.15. The van der Waals surface area contributed by atoms with Crippen LogP contribution < -0.4 is 11.1 Å². The minimum atomic E-state index is -0.0700. The number of aromatic nitrogens is 1. The Morgan fingerprint density at radius 2 is 2.47 bits per heavy atom. The summed E-state index contributed by atoms with van der Waals surface area (Å²) in [5, 5.41) is 2.79. The molecule has 1 aromatic heterocycles. The number of rotatable bonds is 3. The summed E-state index contributed by atoms with van der Waals surface area (Å²) < 4.78 is 5.49. The predicted molar refractivity (Wildman–Crippen MR) is 65.4 cm³/mol. The number of carbonyl (C=O) groups excluding carboxylic acids is 1. The van der Waals surface area contributed by atoms with Gasteiger partial charge in [-0.25, -0.2) is 4.98 Å². The Morgan fingerprint density at radius 3 is 3.12 bits per heavy atom. The number of amides is 1. The molecule has 2 heterocycles. The Balaban J connectivity index is 1.99. The first-order valence-corrected chi connectivity index (χ1v) is 5.84. The lowest BCUT2D eigenvalue weighted by molar-refractivity contribution is -0.121. The Hall–Kier alpha value is -1.62. The van der Waals surface area contributed by atoms with Crippen LogP contribution in [-0.2, 0) is 9.53 Å². The number of pyridine rings is 1. The topological polar surface area (TPSA) is 77.2 Å². The van der Waals surface area contributed by atoms with Gasteiger partial charge >= 0.3 is 0 Å². The van der Waals surface area contributed by atoms with Gasteiger partial charge in [-0.05, 0) is 25.0 Å². The van der Waals surface area contributed by atoms with Gasteiger partial charge in [-0.15, -0.1) is 0 Å². The number of hydrogen-bond donors (Lipinski definition) is 2. The first-order chi connectivity index (χ1) is 8.20. The maximum atomic E-state index is 12.0. The Labute approximate surface area is 100 Å². The van der Waals surface area contributed by atoms with Crippen molar-refractivity contribution in [3.8, 4) is 0 Å². The molecule has 2 unspecified atom stereocenters. The summed E-state index contributed by atoms with van der Waals surface area (Å²) in [6.45, 7) is 2.68. The number of carbonyl (C=O) groups is 1. The molecule has 0 bridgehead atoms. The van der Waals surface area contributed by atoms with E-state index in [4.69, 9.17) is 10.5 Å². The average Bonchev–Trinajstić information content (AvgIpc) is 2.80. The third-order valence-corrected chi connectivity index (χ3v) is 2.99. The molecule has 92 valence electrons. The number of hydrogen-bond acceptors (Lipinski definition) is 4. The van der Waals surface area contributed by atoms with E-state index in [-0.39, 0.29) is 17.9 Å². The van der Waals surface area contributed by atoms with Crippen LogP contribution in [0.2, 0.25) is 0 Å². The first-order valence-electron chi connectivity index (χ1n) is 5.84. The van der Waals surface area contributed by atoms with E-state index in [9.17, 15) is 4.79 Å². The van der Waals surface area contributed by atoms with Gasteiger partial charge in [0.05, 0.1) is 23.9 Å². The van der Waals surface area contributed by atoms with E-state index in [2.05, 4.69) is 10.3 Å². The molecule has 3 N–H and O–H groups in total. The summed E-state index contributed by atoms with van der Waals surface area (Å²) in [5.41, 5.74) is 6.11. The molecule has 1 saturated heterocycles. The molecule has 1 aliphatic rings. The van der Waals surface area contributed by atoms with Crippen LogP contribution in [0.25, 0.3) is 0 Å². The van der Waals surface area contributed by atoms with Crippen LogP contribution >= 0.6 is 0 Å². The second-order valence-electron chi connectivity index (χ2n) is 4.18. The second-order valence-corrected chi connectivity index (χ2v) is 4.18. The molecule has 2 atom stereocenters. The molecular weight excluding hydrogens is 218 g/mol. The van der Waals surface area contributed by atoms with Crippen molar-refractivity contribution in [1.29, 1.82) is 0 Å². The van der Waals surface area contributed by atoms with Crippen LogP contribution in [0.1, 0.15) is 19.8 Å². The molecule has 0 radical (unpaired) electrons. The smallest absolute Gasteiger partial charge is 0.231 e. The highest BCUT2D eigenvalue weighted by Gasteiger charge is 2.32. The molecular formula is C12H17N3O2. The van der Waals surface area contributed by atoms with Crippen molar-refractivity contribution in [2.24, 2.45) is 5.92 Å². The molecule has 1 aliphatic heterocycles. The quantitative estimate of drug-likeness (QED) is 0.830. The minimum absolute atomic E-state index is 0.0216. The van der Waals surface area contributed by atoms with Crippen molar-refractivity contribution in [3.63, 3.8) is 0 Å². The van der Waals surface area contributed by atoms with Gasteiger partial charge in [-0.2, -0.15) is 0 Å². The number of ether oxygens (including phenoxy) is 1. The van der Waals surface area contributed by atoms with Crippen LogP contribution in [0.3, 0.4) is 0 Å².